The van der Waals surface area contributed by atoms with E-state index in [0.717, 1.165) is 28.6 Å². The Morgan fingerprint density at radius 1 is 1.16 bits per heavy atom. The molecule has 0 bridgehead atoms. The SMILES string of the molecule is CCOc1ccc(OCCc2nc(CS)cs2)cc1. The second-order valence-electron chi connectivity index (χ2n) is 3.89. The van der Waals surface area contributed by atoms with Crippen molar-refractivity contribution >= 4 is 24.0 Å². The summed E-state index contributed by atoms with van der Waals surface area (Å²) in [6, 6.07) is 7.68. The van der Waals surface area contributed by atoms with Crippen molar-refractivity contribution in [3.05, 3.63) is 40.3 Å². The van der Waals surface area contributed by atoms with Gasteiger partial charge in [0.1, 0.15) is 11.5 Å². The zero-order valence-electron chi connectivity index (χ0n) is 10.8. The van der Waals surface area contributed by atoms with E-state index in [4.69, 9.17) is 9.47 Å². The average molecular weight is 295 g/mol. The monoisotopic (exact) mass is 295 g/mol. The normalized spacial score (nSPS) is 10.4. The second kappa shape index (κ2) is 7.40. The van der Waals surface area contributed by atoms with Gasteiger partial charge in [-0.25, -0.2) is 4.98 Å². The molecule has 0 fully saturated rings. The number of thiol groups is 1. The van der Waals surface area contributed by atoms with E-state index in [0.29, 0.717) is 19.0 Å². The lowest BCUT2D eigenvalue weighted by atomic mass is 10.3. The van der Waals surface area contributed by atoms with Gasteiger partial charge in [0.05, 0.1) is 23.9 Å². The molecule has 1 aromatic carbocycles. The molecule has 102 valence electrons. The van der Waals surface area contributed by atoms with Gasteiger partial charge in [0.2, 0.25) is 0 Å². The summed E-state index contributed by atoms with van der Waals surface area (Å²) in [5.41, 5.74) is 1.03. The molecule has 0 spiro atoms. The molecule has 0 N–H and O–H groups in total. The molecule has 0 aliphatic carbocycles. The number of nitrogens with zero attached hydrogens (tertiary/aromatic N) is 1. The summed E-state index contributed by atoms with van der Waals surface area (Å²) in [5.74, 6) is 2.42. The molecule has 0 radical (unpaired) electrons. The molecule has 1 aromatic heterocycles. The van der Waals surface area contributed by atoms with Gasteiger partial charge < -0.3 is 9.47 Å². The van der Waals surface area contributed by atoms with E-state index in [1.54, 1.807) is 11.3 Å². The third kappa shape index (κ3) is 4.44. The maximum absolute atomic E-state index is 5.68. The molecule has 5 heteroatoms. The van der Waals surface area contributed by atoms with E-state index < -0.39 is 0 Å². The Hall–Kier alpha value is -1.20. The number of hydrogen-bond acceptors (Lipinski definition) is 5. The maximum Gasteiger partial charge on any atom is 0.119 e. The standard InChI is InChI=1S/C14H17NO2S2/c1-2-16-12-3-5-13(6-4-12)17-8-7-14-15-11(9-18)10-19-14/h3-6,10,18H,2,7-9H2,1H3. The molecule has 0 saturated carbocycles. The summed E-state index contributed by atoms with van der Waals surface area (Å²) in [5, 5.41) is 3.13. The lowest BCUT2D eigenvalue weighted by molar-refractivity contribution is 0.318. The van der Waals surface area contributed by atoms with E-state index in [-0.39, 0.29) is 0 Å². The summed E-state index contributed by atoms with van der Waals surface area (Å²) in [6.45, 7) is 3.28. The number of thiazole rings is 1. The summed E-state index contributed by atoms with van der Waals surface area (Å²) in [6.07, 6.45) is 0.825. The van der Waals surface area contributed by atoms with Gasteiger partial charge in [0, 0.05) is 17.6 Å². The summed E-state index contributed by atoms with van der Waals surface area (Å²) in [4.78, 5) is 4.44. The lowest BCUT2D eigenvalue weighted by Crippen LogP contribution is -2.01. The van der Waals surface area contributed by atoms with Crippen LogP contribution in [0.1, 0.15) is 17.6 Å². The van der Waals surface area contributed by atoms with Gasteiger partial charge in [0.15, 0.2) is 0 Å². The van der Waals surface area contributed by atoms with Gasteiger partial charge in [-0.3, -0.25) is 0 Å². The fourth-order valence-electron chi connectivity index (χ4n) is 1.59. The second-order valence-corrected chi connectivity index (χ2v) is 5.15. The lowest BCUT2D eigenvalue weighted by Gasteiger charge is -2.06. The number of hydrogen-bond donors (Lipinski definition) is 1. The summed E-state index contributed by atoms with van der Waals surface area (Å²) >= 11 is 5.86. The molecule has 1 heterocycles. The molecule has 0 atom stereocenters. The highest BCUT2D eigenvalue weighted by atomic mass is 32.1. The molecular formula is C14H17NO2S2. The van der Waals surface area contributed by atoms with Gasteiger partial charge >= 0.3 is 0 Å². The highest BCUT2D eigenvalue weighted by Crippen LogP contribution is 2.18. The van der Waals surface area contributed by atoms with Crippen molar-refractivity contribution in [3.63, 3.8) is 0 Å². The Morgan fingerprint density at radius 2 is 1.84 bits per heavy atom. The molecule has 3 nitrogen and oxygen atoms in total. The first kappa shape index (κ1) is 14.2. The van der Waals surface area contributed by atoms with Crippen LogP contribution in [0.5, 0.6) is 11.5 Å². The minimum atomic E-state index is 0.632. The first-order chi connectivity index (χ1) is 9.31. The van der Waals surface area contributed by atoms with Crippen LogP contribution in [0.25, 0.3) is 0 Å². The van der Waals surface area contributed by atoms with Gasteiger partial charge in [-0.1, -0.05) is 0 Å². The van der Waals surface area contributed by atoms with Gasteiger partial charge in [-0.05, 0) is 31.2 Å². The number of benzene rings is 1. The van der Waals surface area contributed by atoms with Crippen LogP contribution >= 0.6 is 24.0 Å². The zero-order valence-corrected chi connectivity index (χ0v) is 12.5. The minimum absolute atomic E-state index is 0.632. The maximum atomic E-state index is 5.68. The third-order valence-electron chi connectivity index (χ3n) is 2.48. The van der Waals surface area contributed by atoms with Gasteiger partial charge in [-0.2, -0.15) is 12.6 Å². The summed E-state index contributed by atoms with van der Waals surface area (Å²) < 4.78 is 11.1. The van der Waals surface area contributed by atoms with Crippen molar-refractivity contribution in [1.82, 2.24) is 4.98 Å². The van der Waals surface area contributed by atoms with Crippen LogP contribution in [0.2, 0.25) is 0 Å². The van der Waals surface area contributed by atoms with Crippen molar-refractivity contribution in [1.29, 1.82) is 0 Å². The van der Waals surface area contributed by atoms with Crippen LogP contribution < -0.4 is 9.47 Å². The Balaban J connectivity index is 1.78. The van der Waals surface area contributed by atoms with Crippen LogP contribution in [-0.4, -0.2) is 18.2 Å². The van der Waals surface area contributed by atoms with E-state index in [2.05, 4.69) is 17.6 Å². The highest BCUT2D eigenvalue weighted by molar-refractivity contribution is 7.79. The number of rotatable bonds is 7. The van der Waals surface area contributed by atoms with E-state index >= 15 is 0 Å². The topological polar surface area (TPSA) is 31.4 Å². The molecule has 2 rings (SSSR count). The zero-order chi connectivity index (χ0) is 13.5. The van der Waals surface area contributed by atoms with Crippen LogP contribution in [0.4, 0.5) is 0 Å². The third-order valence-corrected chi connectivity index (χ3v) is 3.76. The van der Waals surface area contributed by atoms with E-state index in [1.807, 2.05) is 36.6 Å². The number of aromatic nitrogens is 1. The molecule has 0 aliphatic heterocycles. The van der Waals surface area contributed by atoms with Gasteiger partial charge in [-0.15, -0.1) is 11.3 Å². The molecule has 19 heavy (non-hydrogen) atoms. The first-order valence-corrected chi connectivity index (χ1v) is 7.73. The van der Waals surface area contributed by atoms with Crippen molar-refractivity contribution in [3.8, 4) is 11.5 Å². The van der Waals surface area contributed by atoms with Crippen LogP contribution in [-0.2, 0) is 12.2 Å². The Labute approximate surface area is 123 Å². The van der Waals surface area contributed by atoms with E-state index in [1.165, 1.54) is 0 Å². The minimum Gasteiger partial charge on any atom is -0.494 e. The molecule has 0 aliphatic rings. The molecular weight excluding hydrogens is 278 g/mol. The van der Waals surface area contributed by atoms with Gasteiger partial charge in [0.25, 0.3) is 0 Å². The predicted molar refractivity (Wildman–Crippen MR) is 81.6 cm³/mol. The van der Waals surface area contributed by atoms with Crippen molar-refractivity contribution in [2.24, 2.45) is 0 Å². The van der Waals surface area contributed by atoms with Crippen LogP contribution in [0.15, 0.2) is 29.6 Å². The fourth-order valence-corrected chi connectivity index (χ4v) is 2.66. The molecule has 0 saturated heterocycles. The largest absolute Gasteiger partial charge is 0.494 e. The van der Waals surface area contributed by atoms with E-state index in [9.17, 15) is 0 Å². The molecule has 0 amide bonds. The fraction of sp³-hybridized carbons (Fsp3) is 0.357. The van der Waals surface area contributed by atoms with Crippen molar-refractivity contribution in [2.75, 3.05) is 13.2 Å². The number of ether oxygens (including phenoxy) is 2. The van der Waals surface area contributed by atoms with Crippen LogP contribution in [0, 0.1) is 0 Å². The van der Waals surface area contributed by atoms with Crippen LogP contribution in [0.3, 0.4) is 0 Å². The predicted octanol–water partition coefficient (Wildman–Crippen LogP) is 3.59. The Bertz CT molecular complexity index is 496. The highest BCUT2D eigenvalue weighted by Gasteiger charge is 2.01. The Morgan fingerprint density at radius 3 is 2.42 bits per heavy atom. The Kier molecular flexibility index (Phi) is 5.54. The smallest absolute Gasteiger partial charge is 0.119 e. The van der Waals surface area contributed by atoms with Crippen molar-refractivity contribution in [2.45, 2.75) is 19.1 Å². The quantitative estimate of drug-likeness (QED) is 0.792. The average Bonchev–Trinajstić information content (AvgIpc) is 2.89. The first-order valence-electron chi connectivity index (χ1n) is 6.21. The molecule has 0 unspecified atom stereocenters. The van der Waals surface area contributed by atoms with Crippen molar-refractivity contribution < 1.29 is 9.47 Å². The molecule has 2 aromatic rings. The summed E-state index contributed by atoms with van der Waals surface area (Å²) in [7, 11) is 0.